The van der Waals surface area contributed by atoms with E-state index in [1.807, 2.05) is 47.4 Å². The van der Waals surface area contributed by atoms with Crippen LogP contribution in [-0.4, -0.2) is 40.0 Å². The van der Waals surface area contributed by atoms with Crippen LogP contribution < -0.4 is 10.1 Å². The van der Waals surface area contributed by atoms with Crippen LogP contribution in [-0.2, 0) is 0 Å². The molecule has 1 saturated heterocycles. The number of para-hydroxylation sites is 1. The molecule has 7 nitrogen and oxygen atoms in total. The molecule has 0 spiro atoms. The number of pyridine rings is 1. The van der Waals surface area contributed by atoms with Gasteiger partial charge in [-0.25, -0.2) is 0 Å². The quantitative estimate of drug-likeness (QED) is 0.584. The zero-order chi connectivity index (χ0) is 19.2. The van der Waals surface area contributed by atoms with Crippen LogP contribution in [0.2, 0.25) is 0 Å². The maximum Gasteiger partial charge on any atom is 0.299 e. The fourth-order valence-electron chi connectivity index (χ4n) is 3.29. The fraction of sp³-hybridized carbons (Fsp3) is 0.286. The van der Waals surface area contributed by atoms with Gasteiger partial charge in [0.25, 0.3) is 11.9 Å². The van der Waals surface area contributed by atoms with Crippen LogP contribution >= 0.6 is 24.8 Å². The summed E-state index contributed by atoms with van der Waals surface area (Å²) in [4.78, 5) is 23.2. The summed E-state index contributed by atoms with van der Waals surface area (Å²) in [6, 6.07) is 13.6. The molecule has 1 N–H and O–H groups in total. The van der Waals surface area contributed by atoms with Gasteiger partial charge in [-0.2, -0.15) is 4.98 Å². The molecule has 0 bridgehead atoms. The number of aromatic nitrogens is 2. The minimum Gasteiger partial charge on any atom is -0.490 e. The third-order valence-corrected chi connectivity index (χ3v) is 4.71. The van der Waals surface area contributed by atoms with E-state index in [9.17, 15) is 4.79 Å². The predicted octanol–water partition coefficient (Wildman–Crippen LogP) is 4.73. The Morgan fingerprint density at radius 2 is 2.00 bits per heavy atom. The number of hydrogen-bond donors (Lipinski definition) is 1. The number of benzene rings is 1. The predicted molar refractivity (Wildman–Crippen MR) is 119 cm³/mol. The Hall–Kier alpha value is -2.77. The molecule has 1 fully saturated rings. The molecule has 1 amide bonds. The van der Waals surface area contributed by atoms with E-state index in [1.54, 1.807) is 12.4 Å². The lowest BCUT2D eigenvalue weighted by molar-refractivity contribution is 0.0522. The van der Waals surface area contributed by atoms with E-state index in [0.29, 0.717) is 30.6 Å². The van der Waals surface area contributed by atoms with Gasteiger partial charge in [-0.15, -0.1) is 24.8 Å². The molecule has 1 aliphatic heterocycles. The van der Waals surface area contributed by atoms with Crippen molar-refractivity contribution >= 4 is 42.4 Å². The molecule has 30 heavy (non-hydrogen) atoms. The smallest absolute Gasteiger partial charge is 0.299 e. The summed E-state index contributed by atoms with van der Waals surface area (Å²) in [5.41, 5.74) is 1.15. The third-order valence-electron chi connectivity index (χ3n) is 4.71. The minimum absolute atomic E-state index is 0. The second-order valence-corrected chi connectivity index (χ2v) is 6.68. The Labute approximate surface area is 187 Å². The van der Waals surface area contributed by atoms with E-state index < -0.39 is 0 Å². The summed E-state index contributed by atoms with van der Waals surface area (Å²) in [5.74, 6) is 0.570. The largest absolute Gasteiger partial charge is 0.490 e. The molecular weight excluding hydrogens is 427 g/mol. The fourth-order valence-corrected chi connectivity index (χ4v) is 3.29. The Bertz CT molecular complexity index is 909. The molecule has 0 saturated carbocycles. The first-order valence-electron chi connectivity index (χ1n) is 9.41. The van der Waals surface area contributed by atoms with Crippen molar-refractivity contribution in [3.05, 3.63) is 66.8 Å². The van der Waals surface area contributed by atoms with Crippen LogP contribution in [0.1, 0.15) is 29.8 Å². The van der Waals surface area contributed by atoms with Gasteiger partial charge in [0.05, 0.1) is 12.2 Å². The van der Waals surface area contributed by atoms with Gasteiger partial charge in [-0.1, -0.05) is 18.2 Å². The number of anilines is 2. The highest BCUT2D eigenvalue weighted by Crippen LogP contribution is 2.22. The molecular formula is C21H24Cl2N4O3. The van der Waals surface area contributed by atoms with Gasteiger partial charge in [0.1, 0.15) is 18.6 Å². The Kier molecular flexibility index (Phi) is 8.95. The van der Waals surface area contributed by atoms with Gasteiger partial charge in [0, 0.05) is 18.4 Å². The Morgan fingerprint density at radius 1 is 1.17 bits per heavy atom. The first-order valence-corrected chi connectivity index (χ1v) is 9.41. The van der Waals surface area contributed by atoms with Crippen LogP contribution in [0.25, 0.3) is 0 Å². The van der Waals surface area contributed by atoms with Gasteiger partial charge < -0.3 is 19.4 Å². The Morgan fingerprint density at radius 3 is 2.77 bits per heavy atom. The molecule has 1 unspecified atom stereocenters. The molecule has 9 heteroatoms. The lowest BCUT2D eigenvalue weighted by Crippen LogP contribution is -2.46. The number of rotatable bonds is 6. The maximum absolute atomic E-state index is 13.0. The van der Waals surface area contributed by atoms with Crippen molar-refractivity contribution in [1.82, 2.24) is 14.9 Å². The minimum atomic E-state index is -0.135. The molecule has 1 atom stereocenters. The van der Waals surface area contributed by atoms with Crippen LogP contribution in [0.5, 0.6) is 5.75 Å². The monoisotopic (exact) mass is 450 g/mol. The van der Waals surface area contributed by atoms with Gasteiger partial charge in [-0.05, 0) is 43.5 Å². The second-order valence-electron chi connectivity index (χ2n) is 6.68. The van der Waals surface area contributed by atoms with Crippen LogP contribution in [0.15, 0.2) is 65.5 Å². The number of amides is 1. The van der Waals surface area contributed by atoms with Crippen molar-refractivity contribution in [1.29, 1.82) is 0 Å². The number of piperidine rings is 1. The average molecular weight is 451 g/mol. The van der Waals surface area contributed by atoms with Crippen LogP contribution in [0.4, 0.5) is 11.7 Å². The number of halogens is 2. The summed E-state index contributed by atoms with van der Waals surface area (Å²) < 4.78 is 11.3. The van der Waals surface area contributed by atoms with Gasteiger partial charge >= 0.3 is 0 Å². The van der Waals surface area contributed by atoms with Gasteiger partial charge in [0.2, 0.25) is 0 Å². The first kappa shape index (κ1) is 23.5. The number of oxazole rings is 1. The zero-order valence-electron chi connectivity index (χ0n) is 16.3. The molecule has 0 aliphatic carbocycles. The van der Waals surface area contributed by atoms with E-state index in [2.05, 4.69) is 15.3 Å². The van der Waals surface area contributed by atoms with E-state index in [-0.39, 0.29) is 36.8 Å². The molecule has 3 heterocycles. The molecule has 1 aliphatic rings. The van der Waals surface area contributed by atoms with Crippen molar-refractivity contribution in [2.45, 2.75) is 25.3 Å². The highest BCUT2D eigenvalue weighted by atomic mass is 35.5. The Balaban J connectivity index is 0.00000160. The van der Waals surface area contributed by atoms with Crippen LogP contribution in [0, 0.1) is 0 Å². The maximum atomic E-state index is 13.0. The normalized spacial score (nSPS) is 15.5. The first-order chi connectivity index (χ1) is 13.8. The van der Waals surface area contributed by atoms with Crippen molar-refractivity contribution in [2.75, 3.05) is 18.5 Å². The standard InChI is InChI=1S/C21H22N4O3.2ClH/c26-20(19-15-28-21(24-19)23-16-7-2-1-3-8-16)25-12-5-4-9-17(25)14-27-18-10-6-11-22-13-18;;/h1-3,6-8,10-11,13,15,17H,4-5,9,12,14H2,(H,23,24);2*1H. The average Bonchev–Trinajstić information content (AvgIpc) is 3.22. The van der Waals surface area contributed by atoms with Gasteiger partial charge in [-0.3, -0.25) is 9.78 Å². The van der Waals surface area contributed by atoms with Gasteiger partial charge in [0.15, 0.2) is 5.69 Å². The number of carbonyl (C=O) groups is 1. The lowest BCUT2D eigenvalue weighted by atomic mass is 10.0. The van der Waals surface area contributed by atoms with Crippen molar-refractivity contribution < 1.29 is 13.9 Å². The van der Waals surface area contributed by atoms with E-state index >= 15 is 0 Å². The highest BCUT2D eigenvalue weighted by molar-refractivity contribution is 5.92. The molecule has 2 aromatic heterocycles. The molecule has 4 rings (SSSR count). The molecule has 160 valence electrons. The number of carbonyl (C=O) groups excluding carboxylic acids is 1. The number of likely N-dealkylation sites (tertiary alicyclic amines) is 1. The highest BCUT2D eigenvalue weighted by Gasteiger charge is 2.30. The van der Waals surface area contributed by atoms with E-state index in [0.717, 1.165) is 24.9 Å². The summed E-state index contributed by atoms with van der Waals surface area (Å²) in [7, 11) is 0. The lowest BCUT2D eigenvalue weighted by Gasteiger charge is -2.35. The van der Waals surface area contributed by atoms with Crippen molar-refractivity contribution in [2.24, 2.45) is 0 Å². The summed E-state index contributed by atoms with van der Waals surface area (Å²) in [5, 5.41) is 3.06. The topological polar surface area (TPSA) is 80.5 Å². The zero-order valence-corrected chi connectivity index (χ0v) is 17.9. The SMILES string of the molecule is Cl.Cl.O=C(c1coc(Nc2ccccc2)n1)N1CCCCC1COc1cccnc1. The second kappa shape index (κ2) is 11.4. The van der Waals surface area contributed by atoms with Crippen molar-refractivity contribution in [3.63, 3.8) is 0 Å². The van der Waals surface area contributed by atoms with E-state index in [4.69, 9.17) is 9.15 Å². The number of nitrogens with zero attached hydrogens (tertiary/aromatic N) is 3. The summed E-state index contributed by atoms with van der Waals surface area (Å²) in [6.07, 6.45) is 7.73. The number of nitrogens with one attached hydrogen (secondary N) is 1. The van der Waals surface area contributed by atoms with Crippen molar-refractivity contribution in [3.8, 4) is 5.75 Å². The molecule has 0 radical (unpaired) electrons. The van der Waals surface area contributed by atoms with E-state index in [1.165, 1.54) is 6.26 Å². The molecule has 3 aromatic rings. The number of ether oxygens (including phenoxy) is 1. The third kappa shape index (κ3) is 5.87. The van der Waals surface area contributed by atoms with Crippen LogP contribution in [0.3, 0.4) is 0 Å². The molecule has 1 aromatic carbocycles. The summed E-state index contributed by atoms with van der Waals surface area (Å²) >= 11 is 0. The summed E-state index contributed by atoms with van der Waals surface area (Å²) in [6.45, 7) is 1.12. The number of hydrogen-bond acceptors (Lipinski definition) is 6.